The number of rotatable bonds is 2. The van der Waals surface area contributed by atoms with Crippen LogP contribution in [0.25, 0.3) is 0 Å². The zero-order chi connectivity index (χ0) is 13.3. The van der Waals surface area contributed by atoms with E-state index in [0.717, 1.165) is 12.8 Å². The average molecular weight is 252 g/mol. The Morgan fingerprint density at radius 3 is 2.67 bits per heavy atom. The molecule has 0 bridgehead atoms. The molecule has 1 aliphatic rings. The molecule has 3 heteroatoms. The highest BCUT2D eigenvalue weighted by Crippen LogP contribution is 2.44. The summed E-state index contributed by atoms with van der Waals surface area (Å²) in [6, 6.07) is 4.71. The highest BCUT2D eigenvalue weighted by molar-refractivity contribution is 5.33. The van der Waals surface area contributed by atoms with Crippen LogP contribution in [0.5, 0.6) is 5.75 Å². The van der Waals surface area contributed by atoms with Crippen molar-refractivity contribution < 1.29 is 14.2 Å². The van der Waals surface area contributed by atoms with Gasteiger partial charge in [0.15, 0.2) is 0 Å². The van der Waals surface area contributed by atoms with E-state index in [9.17, 15) is 9.50 Å². The summed E-state index contributed by atoms with van der Waals surface area (Å²) in [7, 11) is 1.51. The van der Waals surface area contributed by atoms with Gasteiger partial charge in [0.1, 0.15) is 11.6 Å². The maximum Gasteiger partial charge on any atom is 0.132 e. The van der Waals surface area contributed by atoms with Gasteiger partial charge in [0.25, 0.3) is 0 Å². The lowest BCUT2D eigenvalue weighted by Crippen LogP contribution is -2.39. The minimum Gasteiger partial charge on any atom is -0.497 e. The summed E-state index contributed by atoms with van der Waals surface area (Å²) in [6.07, 6.45) is 2.49. The van der Waals surface area contributed by atoms with Crippen molar-refractivity contribution in [1.29, 1.82) is 0 Å². The third kappa shape index (κ3) is 2.24. The first-order valence-electron chi connectivity index (χ1n) is 6.53. The van der Waals surface area contributed by atoms with Crippen molar-refractivity contribution in [1.82, 2.24) is 0 Å². The van der Waals surface area contributed by atoms with E-state index in [1.165, 1.54) is 13.2 Å². The van der Waals surface area contributed by atoms with Gasteiger partial charge in [0.05, 0.1) is 12.7 Å². The van der Waals surface area contributed by atoms with Crippen LogP contribution in [-0.2, 0) is 5.60 Å². The molecule has 3 unspecified atom stereocenters. The third-order valence-electron chi connectivity index (χ3n) is 4.23. The van der Waals surface area contributed by atoms with E-state index in [0.29, 0.717) is 23.7 Å². The molecule has 0 spiro atoms. The smallest absolute Gasteiger partial charge is 0.132 e. The predicted molar refractivity (Wildman–Crippen MR) is 69.0 cm³/mol. The molecule has 0 radical (unpaired) electrons. The maximum atomic E-state index is 14.1. The van der Waals surface area contributed by atoms with Gasteiger partial charge < -0.3 is 9.84 Å². The summed E-state index contributed by atoms with van der Waals surface area (Å²) in [4.78, 5) is 0. The molecule has 0 aromatic heterocycles. The molecule has 18 heavy (non-hydrogen) atoms. The number of aliphatic hydroxyl groups is 1. The normalized spacial score (nSPS) is 32.3. The van der Waals surface area contributed by atoms with Crippen LogP contribution in [0.1, 0.15) is 38.7 Å². The van der Waals surface area contributed by atoms with Crippen molar-refractivity contribution in [3.05, 3.63) is 29.6 Å². The predicted octanol–water partition coefficient (Wildman–Crippen LogP) is 3.48. The van der Waals surface area contributed by atoms with E-state index < -0.39 is 5.60 Å². The SMILES string of the molecule is COc1ccc(C2(O)CCC(C)CC2C)c(F)c1. The first-order valence-corrected chi connectivity index (χ1v) is 6.53. The first kappa shape index (κ1) is 13.3. The van der Waals surface area contributed by atoms with Crippen LogP contribution in [0.2, 0.25) is 0 Å². The lowest BCUT2D eigenvalue weighted by molar-refractivity contribution is -0.0613. The number of halogens is 1. The standard InChI is InChI=1S/C15H21FO2/c1-10-6-7-15(17,11(2)8-10)13-5-4-12(18-3)9-14(13)16/h4-5,9-11,17H,6-8H2,1-3H3. The lowest BCUT2D eigenvalue weighted by atomic mass is 9.69. The monoisotopic (exact) mass is 252 g/mol. The topological polar surface area (TPSA) is 29.5 Å². The van der Waals surface area contributed by atoms with Gasteiger partial charge >= 0.3 is 0 Å². The van der Waals surface area contributed by atoms with Crippen molar-refractivity contribution in [2.24, 2.45) is 11.8 Å². The summed E-state index contributed by atoms with van der Waals surface area (Å²) >= 11 is 0. The molecule has 0 amide bonds. The summed E-state index contributed by atoms with van der Waals surface area (Å²) < 4.78 is 19.1. The number of methoxy groups -OCH3 is 1. The van der Waals surface area contributed by atoms with Crippen LogP contribution in [0.15, 0.2) is 18.2 Å². The van der Waals surface area contributed by atoms with Gasteiger partial charge in [-0.25, -0.2) is 4.39 Å². The van der Waals surface area contributed by atoms with E-state index >= 15 is 0 Å². The molecule has 0 saturated heterocycles. The third-order valence-corrected chi connectivity index (χ3v) is 4.23. The van der Waals surface area contributed by atoms with Crippen molar-refractivity contribution in [3.8, 4) is 5.75 Å². The second-order valence-corrected chi connectivity index (χ2v) is 5.55. The highest BCUT2D eigenvalue weighted by atomic mass is 19.1. The second kappa shape index (κ2) is 4.88. The Morgan fingerprint density at radius 2 is 2.11 bits per heavy atom. The summed E-state index contributed by atoms with van der Waals surface area (Å²) in [5.41, 5.74) is -0.634. The van der Waals surface area contributed by atoms with Gasteiger partial charge in [0, 0.05) is 11.6 Å². The first-order chi connectivity index (χ1) is 8.47. The van der Waals surface area contributed by atoms with Crippen molar-refractivity contribution in [2.75, 3.05) is 7.11 Å². The number of ether oxygens (including phenoxy) is 1. The molecule has 1 aromatic rings. The molecular formula is C15H21FO2. The fraction of sp³-hybridized carbons (Fsp3) is 0.600. The van der Waals surface area contributed by atoms with Gasteiger partial charge in [-0.1, -0.05) is 13.8 Å². The molecule has 1 saturated carbocycles. The largest absolute Gasteiger partial charge is 0.497 e. The minimum absolute atomic E-state index is 0.0733. The molecular weight excluding hydrogens is 231 g/mol. The Hall–Kier alpha value is -1.09. The van der Waals surface area contributed by atoms with Crippen molar-refractivity contribution in [2.45, 2.75) is 38.7 Å². The average Bonchev–Trinajstić information content (AvgIpc) is 2.34. The summed E-state index contributed by atoms with van der Waals surface area (Å²) in [5, 5.41) is 10.8. The molecule has 100 valence electrons. The highest BCUT2D eigenvalue weighted by Gasteiger charge is 2.41. The molecule has 0 aliphatic heterocycles. The fourth-order valence-electron chi connectivity index (χ4n) is 3.00. The molecule has 2 rings (SSSR count). The van der Waals surface area contributed by atoms with E-state index in [4.69, 9.17) is 4.74 Å². The Morgan fingerprint density at radius 1 is 1.39 bits per heavy atom. The van der Waals surface area contributed by atoms with E-state index in [2.05, 4.69) is 6.92 Å². The number of benzene rings is 1. The minimum atomic E-state index is -1.04. The van der Waals surface area contributed by atoms with Crippen LogP contribution < -0.4 is 4.74 Å². The summed E-state index contributed by atoms with van der Waals surface area (Å²) in [5.74, 6) is 0.778. The zero-order valence-corrected chi connectivity index (χ0v) is 11.2. The molecule has 3 atom stereocenters. The molecule has 1 fully saturated rings. The van der Waals surface area contributed by atoms with E-state index in [-0.39, 0.29) is 11.7 Å². The van der Waals surface area contributed by atoms with Crippen LogP contribution in [-0.4, -0.2) is 12.2 Å². The Kier molecular flexibility index (Phi) is 3.62. The lowest BCUT2D eigenvalue weighted by Gasteiger charge is -2.41. The van der Waals surface area contributed by atoms with E-state index in [1.807, 2.05) is 6.92 Å². The van der Waals surface area contributed by atoms with Crippen LogP contribution in [0.4, 0.5) is 4.39 Å². The van der Waals surface area contributed by atoms with Crippen LogP contribution >= 0.6 is 0 Å². The Labute approximate surface area is 108 Å². The van der Waals surface area contributed by atoms with Crippen LogP contribution in [0, 0.1) is 17.7 Å². The van der Waals surface area contributed by atoms with Gasteiger partial charge in [-0.05, 0) is 43.2 Å². The molecule has 2 nitrogen and oxygen atoms in total. The zero-order valence-electron chi connectivity index (χ0n) is 11.2. The van der Waals surface area contributed by atoms with E-state index in [1.54, 1.807) is 12.1 Å². The maximum absolute atomic E-state index is 14.1. The number of hydrogen-bond donors (Lipinski definition) is 1. The van der Waals surface area contributed by atoms with Crippen molar-refractivity contribution in [3.63, 3.8) is 0 Å². The quantitative estimate of drug-likeness (QED) is 0.873. The van der Waals surface area contributed by atoms with Crippen molar-refractivity contribution >= 4 is 0 Å². The molecule has 1 aromatic carbocycles. The number of hydrogen-bond acceptors (Lipinski definition) is 2. The second-order valence-electron chi connectivity index (χ2n) is 5.55. The van der Waals surface area contributed by atoms with Gasteiger partial charge in [-0.2, -0.15) is 0 Å². The molecule has 1 N–H and O–H groups in total. The van der Waals surface area contributed by atoms with Gasteiger partial charge in [0.2, 0.25) is 0 Å². The fourth-order valence-corrected chi connectivity index (χ4v) is 3.00. The molecule has 1 aliphatic carbocycles. The Bertz CT molecular complexity index is 433. The molecule has 0 heterocycles. The van der Waals surface area contributed by atoms with Gasteiger partial charge in [-0.3, -0.25) is 0 Å². The summed E-state index contributed by atoms with van der Waals surface area (Å²) in [6.45, 7) is 4.18. The van der Waals surface area contributed by atoms with Gasteiger partial charge in [-0.15, -0.1) is 0 Å². The van der Waals surface area contributed by atoms with Crippen LogP contribution in [0.3, 0.4) is 0 Å². The Balaban J connectivity index is 2.35.